The topological polar surface area (TPSA) is 131 Å². The van der Waals surface area contributed by atoms with Crippen LogP contribution in [0.3, 0.4) is 0 Å². The lowest BCUT2D eigenvalue weighted by Crippen LogP contribution is -2.56. The molecule has 2 aromatic rings. The minimum absolute atomic E-state index is 0.159. The number of rotatable bonds is 6. The normalized spacial score (nSPS) is 10.6. The zero-order valence-electron chi connectivity index (χ0n) is 11.9. The summed E-state index contributed by atoms with van der Waals surface area (Å²) in [6.45, 7) is 0.233. The minimum atomic E-state index is -1.10. The summed E-state index contributed by atoms with van der Waals surface area (Å²) >= 11 is 0. The molecule has 0 aliphatic heterocycles. The fourth-order valence-electron chi connectivity index (χ4n) is 2.13. The van der Waals surface area contributed by atoms with Crippen LogP contribution < -0.4 is 11.3 Å². The van der Waals surface area contributed by atoms with Crippen LogP contribution in [0.4, 0.5) is 0 Å². The molecule has 0 radical (unpaired) electrons. The summed E-state index contributed by atoms with van der Waals surface area (Å²) in [5.41, 5.74) is 3.95. The van der Waals surface area contributed by atoms with Crippen molar-refractivity contribution in [2.75, 3.05) is 19.6 Å². The first-order chi connectivity index (χ1) is 10.5. The van der Waals surface area contributed by atoms with Gasteiger partial charge in [0.1, 0.15) is 12.2 Å². The number of aromatic nitrogens is 2. The van der Waals surface area contributed by atoms with E-state index in [0.29, 0.717) is 17.6 Å². The largest absolute Gasteiger partial charge is 0.480 e. The van der Waals surface area contributed by atoms with Gasteiger partial charge in [0.2, 0.25) is 5.91 Å². The van der Waals surface area contributed by atoms with Gasteiger partial charge in [0.05, 0.1) is 19.5 Å². The Balaban J connectivity index is 2.24. The third-order valence-electron chi connectivity index (χ3n) is 3.14. The fraction of sp³-hybridized carbons (Fsp3) is 0.286. The molecule has 0 fully saturated rings. The Labute approximate surface area is 125 Å². The van der Waals surface area contributed by atoms with Crippen molar-refractivity contribution in [1.82, 2.24) is 14.9 Å². The van der Waals surface area contributed by atoms with E-state index in [1.807, 2.05) is 0 Å². The number of carbonyl (C=O) groups excluding carboxylic acids is 1. The Kier molecular flexibility index (Phi) is 4.84. The number of nitrogens with one attached hydrogen (secondary N) is 1. The van der Waals surface area contributed by atoms with Crippen LogP contribution in [-0.4, -0.2) is 51.5 Å². The highest BCUT2D eigenvalue weighted by molar-refractivity contribution is 5.84. The van der Waals surface area contributed by atoms with Gasteiger partial charge in [-0.15, -0.1) is 0 Å². The number of hydrogen-bond acceptors (Lipinski definition) is 4. The molecule has 0 bridgehead atoms. The Bertz CT molecular complexity index is 756. The molecular weight excluding hydrogens is 288 g/mol. The molecule has 0 saturated heterocycles. The lowest BCUT2D eigenvalue weighted by atomic mass is 10.1. The molecule has 22 heavy (non-hydrogen) atoms. The van der Waals surface area contributed by atoms with E-state index < -0.39 is 24.0 Å². The maximum absolute atomic E-state index is 12.2. The molecule has 1 amide bonds. The standard InChI is InChI=1S/C14H16N4O4/c15-3-5-18(8-12(20)21)11(19)7-10-6-9-2-1-4-16-13(9)17-14(10)22/h1-2,4,6H,3,5,7-8,15H2,(H,20,21)(H,16,17,22)/p+1. The molecule has 0 saturated carbocycles. The van der Waals surface area contributed by atoms with E-state index in [1.165, 1.54) is 4.90 Å². The number of nitrogens with zero attached hydrogens (tertiary/aromatic N) is 2. The number of amides is 1. The number of carboxylic acids is 1. The molecule has 2 heterocycles. The maximum Gasteiger partial charge on any atom is 0.323 e. The summed E-state index contributed by atoms with van der Waals surface area (Å²) in [6, 6.07) is 5.10. The van der Waals surface area contributed by atoms with Gasteiger partial charge in [-0.2, -0.15) is 0 Å². The van der Waals surface area contributed by atoms with Crippen LogP contribution >= 0.6 is 0 Å². The lowest BCUT2D eigenvalue weighted by Gasteiger charge is -2.18. The van der Waals surface area contributed by atoms with E-state index in [-0.39, 0.29) is 18.5 Å². The molecule has 0 aromatic carbocycles. The van der Waals surface area contributed by atoms with E-state index in [9.17, 15) is 14.4 Å². The second-order valence-electron chi connectivity index (χ2n) is 4.80. The van der Waals surface area contributed by atoms with Crippen LogP contribution in [0.2, 0.25) is 0 Å². The van der Waals surface area contributed by atoms with Gasteiger partial charge in [-0.05, 0) is 18.2 Å². The number of pyridine rings is 2. The molecule has 5 N–H and O–H groups in total. The van der Waals surface area contributed by atoms with Gasteiger partial charge in [-0.1, -0.05) is 0 Å². The van der Waals surface area contributed by atoms with Crippen molar-refractivity contribution in [3.63, 3.8) is 0 Å². The monoisotopic (exact) mass is 305 g/mol. The first-order valence-corrected chi connectivity index (χ1v) is 6.77. The maximum atomic E-state index is 12.2. The van der Waals surface area contributed by atoms with Crippen LogP contribution in [0.5, 0.6) is 0 Å². The van der Waals surface area contributed by atoms with Crippen molar-refractivity contribution in [2.24, 2.45) is 0 Å². The van der Waals surface area contributed by atoms with Crippen molar-refractivity contribution in [3.8, 4) is 0 Å². The predicted octanol–water partition coefficient (Wildman–Crippen LogP) is -1.38. The van der Waals surface area contributed by atoms with Crippen LogP contribution in [0, 0.1) is 0 Å². The van der Waals surface area contributed by atoms with Gasteiger partial charge >= 0.3 is 5.97 Å². The van der Waals surface area contributed by atoms with Gasteiger partial charge in [-0.25, -0.2) is 4.98 Å². The number of fused-ring (bicyclic) bond motifs is 1. The molecule has 8 heteroatoms. The van der Waals surface area contributed by atoms with E-state index in [2.05, 4.69) is 15.7 Å². The Morgan fingerprint density at radius 3 is 2.86 bits per heavy atom. The number of hydrogen-bond donors (Lipinski definition) is 3. The summed E-state index contributed by atoms with van der Waals surface area (Å²) in [4.78, 5) is 42.8. The molecule has 0 aliphatic rings. The summed E-state index contributed by atoms with van der Waals surface area (Å²) in [6.07, 6.45) is 1.40. The number of H-pyrrole nitrogens is 1. The van der Waals surface area contributed by atoms with Gasteiger partial charge in [0.15, 0.2) is 0 Å². The third kappa shape index (κ3) is 3.67. The minimum Gasteiger partial charge on any atom is -0.480 e. The molecule has 8 nitrogen and oxygen atoms in total. The highest BCUT2D eigenvalue weighted by Crippen LogP contribution is 2.08. The number of aliphatic carboxylic acids is 1. The molecule has 2 rings (SSSR count). The van der Waals surface area contributed by atoms with Crippen LogP contribution in [0.1, 0.15) is 5.56 Å². The molecule has 0 unspecified atom stereocenters. The second-order valence-corrected chi connectivity index (χ2v) is 4.80. The van der Waals surface area contributed by atoms with E-state index in [4.69, 9.17) is 5.11 Å². The molecular formula is C14H17N4O4+. The third-order valence-corrected chi connectivity index (χ3v) is 3.14. The quantitative estimate of drug-likeness (QED) is 0.605. The number of aromatic amines is 1. The summed E-state index contributed by atoms with van der Waals surface area (Å²) in [7, 11) is 0. The van der Waals surface area contributed by atoms with Crippen molar-refractivity contribution in [2.45, 2.75) is 6.42 Å². The highest BCUT2D eigenvalue weighted by Gasteiger charge is 2.18. The van der Waals surface area contributed by atoms with Crippen LogP contribution in [0.25, 0.3) is 11.0 Å². The van der Waals surface area contributed by atoms with Crippen LogP contribution in [0.15, 0.2) is 29.2 Å². The Morgan fingerprint density at radius 1 is 1.41 bits per heavy atom. The zero-order valence-corrected chi connectivity index (χ0v) is 11.9. The average molecular weight is 305 g/mol. The van der Waals surface area contributed by atoms with Gasteiger partial charge in [0.25, 0.3) is 5.56 Å². The van der Waals surface area contributed by atoms with Crippen molar-refractivity contribution in [3.05, 3.63) is 40.3 Å². The Hall–Kier alpha value is -2.74. The molecule has 0 aliphatic carbocycles. The van der Waals surface area contributed by atoms with Crippen molar-refractivity contribution >= 4 is 22.9 Å². The van der Waals surface area contributed by atoms with E-state index in [1.54, 1.807) is 24.4 Å². The average Bonchev–Trinajstić information content (AvgIpc) is 2.47. The molecule has 2 aromatic heterocycles. The van der Waals surface area contributed by atoms with Gasteiger partial charge in [0, 0.05) is 17.1 Å². The Morgan fingerprint density at radius 2 is 2.18 bits per heavy atom. The molecule has 0 spiro atoms. The smallest absolute Gasteiger partial charge is 0.323 e. The van der Waals surface area contributed by atoms with Crippen molar-refractivity contribution < 1.29 is 20.4 Å². The number of carbonyl (C=O) groups is 2. The van der Waals surface area contributed by atoms with E-state index in [0.717, 1.165) is 0 Å². The fourth-order valence-corrected chi connectivity index (χ4v) is 2.13. The van der Waals surface area contributed by atoms with Crippen LogP contribution in [-0.2, 0) is 16.0 Å². The van der Waals surface area contributed by atoms with Gasteiger partial charge in [-0.3, -0.25) is 14.4 Å². The first kappa shape index (κ1) is 15.6. The number of quaternary nitrogens is 1. The molecule has 0 atom stereocenters. The zero-order chi connectivity index (χ0) is 16.1. The van der Waals surface area contributed by atoms with Crippen molar-refractivity contribution in [1.29, 1.82) is 0 Å². The van der Waals surface area contributed by atoms with E-state index >= 15 is 0 Å². The first-order valence-electron chi connectivity index (χ1n) is 6.77. The predicted molar refractivity (Wildman–Crippen MR) is 78.0 cm³/mol. The highest BCUT2D eigenvalue weighted by atomic mass is 16.4. The second kappa shape index (κ2) is 6.81. The molecule has 116 valence electrons. The van der Waals surface area contributed by atoms with Gasteiger partial charge < -0.3 is 20.7 Å². The number of carboxylic acid groups (broad SMARTS) is 1. The summed E-state index contributed by atoms with van der Waals surface area (Å²) < 4.78 is 0. The summed E-state index contributed by atoms with van der Waals surface area (Å²) in [5.74, 6) is -1.52. The lowest BCUT2D eigenvalue weighted by molar-refractivity contribution is -0.368. The summed E-state index contributed by atoms with van der Waals surface area (Å²) in [5, 5.41) is 9.55. The SMILES string of the molecule is [NH3+]CCN(CC(=O)O)C(=O)Cc1cc2cccnc2[nH]c1=O.